The van der Waals surface area contributed by atoms with Crippen LogP contribution in [0.5, 0.6) is 0 Å². The molecule has 1 aliphatic rings. The van der Waals surface area contributed by atoms with E-state index >= 15 is 0 Å². The number of thiazole rings is 1. The van der Waals surface area contributed by atoms with Crippen LogP contribution in [0.25, 0.3) is 0 Å². The standard InChI is InChI=1S/C21H29N5O3S/c1-17-14-22-20(30-17)24-19(27)16-26(9-5-8-25-10-12-29-13-11-25)21(28)23-15-18-6-3-2-4-7-18/h2-4,6-7,14H,5,8-13,15-16H2,1H3,(H,23,28)(H,22,24,27). The van der Waals surface area contributed by atoms with Crippen molar-refractivity contribution in [3.8, 4) is 0 Å². The van der Waals surface area contributed by atoms with Crippen LogP contribution in [0, 0.1) is 6.92 Å². The second-order valence-electron chi connectivity index (χ2n) is 7.20. The Bertz CT molecular complexity index is 808. The van der Waals surface area contributed by atoms with Gasteiger partial charge in [-0.2, -0.15) is 0 Å². The Kier molecular flexibility index (Phi) is 8.61. The Labute approximate surface area is 181 Å². The van der Waals surface area contributed by atoms with Gasteiger partial charge in [-0.1, -0.05) is 30.3 Å². The number of benzene rings is 1. The topological polar surface area (TPSA) is 86.8 Å². The summed E-state index contributed by atoms with van der Waals surface area (Å²) in [5.74, 6) is -0.245. The van der Waals surface area contributed by atoms with E-state index in [-0.39, 0.29) is 18.5 Å². The third-order valence-electron chi connectivity index (χ3n) is 4.78. The van der Waals surface area contributed by atoms with E-state index in [9.17, 15) is 9.59 Å². The number of urea groups is 1. The van der Waals surface area contributed by atoms with Gasteiger partial charge in [-0.15, -0.1) is 11.3 Å². The molecule has 0 spiro atoms. The molecular weight excluding hydrogens is 402 g/mol. The molecule has 1 aromatic heterocycles. The molecule has 1 fully saturated rings. The molecular formula is C21H29N5O3S. The summed E-state index contributed by atoms with van der Waals surface area (Å²) in [5, 5.41) is 6.25. The van der Waals surface area contributed by atoms with E-state index in [1.165, 1.54) is 11.3 Å². The Morgan fingerprint density at radius 1 is 1.23 bits per heavy atom. The number of carbonyl (C=O) groups is 2. The second-order valence-corrected chi connectivity index (χ2v) is 8.43. The van der Waals surface area contributed by atoms with Gasteiger partial charge in [-0.3, -0.25) is 9.69 Å². The fraction of sp³-hybridized carbons (Fsp3) is 0.476. The fourth-order valence-electron chi connectivity index (χ4n) is 3.19. The third-order valence-corrected chi connectivity index (χ3v) is 5.61. The van der Waals surface area contributed by atoms with Gasteiger partial charge < -0.3 is 20.3 Å². The van der Waals surface area contributed by atoms with Gasteiger partial charge in [0.2, 0.25) is 5.91 Å². The Balaban J connectivity index is 1.53. The molecule has 0 saturated carbocycles. The van der Waals surface area contributed by atoms with Gasteiger partial charge in [0.1, 0.15) is 6.54 Å². The van der Waals surface area contributed by atoms with Gasteiger partial charge in [-0.25, -0.2) is 9.78 Å². The summed E-state index contributed by atoms with van der Waals surface area (Å²) in [5.41, 5.74) is 1.02. The molecule has 0 bridgehead atoms. The number of ether oxygens (including phenoxy) is 1. The zero-order valence-corrected chi connectivity index (χ0v) is 18.1. The van der Waals surface area contributed by atoms with Crippen LogP contribution in [0.2, 0.25) is 0 Å². The fourth-order valence-corrected chi connectivity index (χ4v) is 3.87. The van der Waals surface area contributed by atoms with Crippen molar-refractivity contribution in [2.45, 2.75) is 19.9 Å². The first-order valence-corrected chi connectivity index (χ1v) is 11.0. The van der Waals surface area contributed by atoms with Gasteiger partial charge >= 0.3 is 6.03 Å². The number of hydrogen-bond acceptors (Lipinski definition) is 6. The van der Waals surface area contributed by atoms with Crippen LogP contribution in [0.15, 0.2) is 36.5 Å². The third kappa shape index (κ3) is 7.40. The molecule has 162 valence electrons. The summed E-state index contributed by atoms with van der Waals surface area (Å²) in [6, 6.07) is 9.48. The van der Waals surface area contributed by atoms with Crippen LogP contribution in [0.1, 0.15) is 16.9 Å². The van der Waals surface area contributed by atoms with Gasteiger partial charge in [0.25, 0.3) is 0 Å². The van der Waals surface area contributed by atoms with Crippen LogP contribution in [-0.4, -0.2) is 72.7 Å². The molecule has 0 atom stereocenters. The smallest absolute Gasteiger partial charge is 0.318 e. The van der Waals surface area contributed by atoms with Crippen LogP contribution < -0.4 is 10.6 Å². The summed E-state index contributed by atoms with van der Waals surface area (Å²) in [6.45, 7) is 7.03. The minimum atomic E-state index is -0.245. The lowest BCUT2D eigenvalue weighted by Gasteiger charge is -2.28. The van der Waals surface area contributed by atoms with E-state index in [0.29, 0.717) is 18.2 Å². The van der Waals surface area contributed by atoms with Crippen molar-refractivity contribution in [2.75, 3.05) is 51.3 Å². The van der Waals surface area contributed by atoms with E-state index in [4.69, 9.17) is 4.74 Å². The normalized spacial score (nSPS) is 14.3. The summed E-state index contributed by atoms with van der Waals surface area (Å²) < 4.78 is 5.38. The average Bonchev–Trinajstić information content (AvgIpc) is 3.17. The van der Waals surface area contributed by atoms with E-state index in [1.54, 1.807) is 11.1 Å². The highest BCUT2D eigenvalue weighted by Gasteiger charge is 2.19. The van der Waals surface area contributed by atoms with Crippen molar-refractivity contribution in [1.82, 2.24) is 20.1 Å². The lowest BCUT2D eigenvalue weighted by atomic mass is 10.2. The predicted molar refractivity (Wildman–Crippen MR) is 118 cm³/mol. The number of carbonyl (C=O) groups excluding carboxylic acids is 2. The molecule has 30 heavy (non-hydrogen) atoms. The Hall–Kier alpha value is -2.49. The van der Waals surface area contributed by atoms with Crippen LogP contribution in [0.4, 0.5) is 9.93 Å². The van der Waals surface area contributed by atoms with Crippen LogP contribution in [0.3, 0.4) is 0 Å². The summed E-state index contributed by atoms with van der Waals surface area (Å²) in [6.07, 6.45) is 2.51. The molecule has 1 saturated heterocycles. The predicted octanol–water partition coefficient (Wildman–Crippen LogP) is 2.32. The van der Waals surface area contributed by atoms with Crippen molar-refractivity contribution in [1.29, 1.82) is 0 Å². The van der Waals surface area contributed by atoms with Crippen molar-refractivity contribution in [3.05, 3.63) is 47.0 Å². The maximum atomic E-state index is 12.8. The maximum Gasteiger partial charge on any atom is 0.318 e. The Morgan fingerprint density at radius 2 is 2.00 bits per heavy atom. The number of amides is 3. The van der Waals surface area contributed by atoms with Crippen LogP contribution >= 0.6 is 11.3 Å². The van der Waals surface area contributed by atoms with Gasteiger partial charge in [-0.05, 0) is 18.9 Å². The summed E-state index contributed by atoms with van der Waals surface area (Å²) in [4.78, 5) is 34.3. The highest BCUT2D eigenvalue weighted by atomic mass is 32.1. The van der Waals surface area contributed by atoms with E-state index in [2.05, 4.69) is 20.5 Å². The highest BCUT2D eigenvalue weighted by molar-refractivity contribution is 7.15. The minimum absolute atomic E-state index is 0.0115. The summed E-state index contributed by atoms with van der Waals surface area (Å²) >= 11 is 1.42. The number of aromatic nitrogens is 1. The number of hydrogen-bond donors (Lipinski definition) is 2. The molecule has 3 amide bonds. The number of nitrogens with one attached hydrogen (secondary N) is 2. The first-order valence-electron chi connectivity index (χ1n) is 10.2. The molecule has 0 radical (unpaired) electrons. The molecule has 9 heteroatoms. The monoisotopic (exact) mass is 431 g/mol. The van der Waals surface area contributed by atoms with Gasteiger partial charge in [0, 0.05) is 43.8 Å². The first kappa shape index (κ1) is 22.2. The minimum Gasteiger partial charge on any atom is -0.379 e. The van der Waals surface area contributed by atoms with E-state index in [1.807, 2.05) is 37.3 Å². The largest absolute Gasteiger partial charge is 0.379 e. The molecule has 0 aliphatic carbocycles. The number of rotatable bonds is 9. The highest BCUT2D eigenvalue weighted by Crippen LogP contribution is 2.16. The number of morpholine rings is 1. The zero-order chi connectivity index (χ0) is 21.2. The van der Waals surface area contributed by atoms with Crippen molar-refractivity contribution in [3.63, 3.8) is 0 Å². The molecule has 3 rings (SSSR count). The number of anilines is 1. The number of nitrogens with zero attached hydrogens (tertiary/aromatic N) is 3. The first-order chi connectivity index (χ1) is 14.6. The molecule has 2 aromatic rings. The van der Waals surface area contributed by atoms with Crippen LogP contribution in [-0.2, 0) is 16.1 Å². The SMILES string of the molecule is Cc1cnc(NC(=O)CN(CCCN2CCOCC2)C(=O)NCc2ccccc2)s1. The maximum absolute atomic E-state index is 12.8. The molecule has 2 N–H and O–H groups in total. The van der Waals surface area contributed by atoms with E-state index < -0.39 is 0 Å². The lowest BCUT2D eigenvalue weighted by molar-refractivity contribution is -0.116. The lowest BCUT2D eigenvalue weighted by Crippen LogP contribution is -2.45. The average molecular weight is 432 g/mol. The van der Waals surface area contributed by atoms with Crippen molar-refractivity contribution >= 4 is 28.4 Å². The second kappa shape index (κ2) is 11.6. The molecule has 1 aliphatic heterocycles. The quantitative estimate of drug-likeness (QED) is 0.636. The summed E-state index contributed by atoms with van der Waals surface area (Å²) in [7, 11) is 0. The van der Waals surface area contributed by atoms with E-state index in [0.717, 1.165) is 49.7 Å². The molecule has 0 unspecified atom stereocenters. The van der Waals surface area contributed by atoms with Gasteiger partial charge in [0.15, 0.2) is 5.13 Å². The van der Waals surface area contributed by atoms with Gasteiger partial charge in [0.05, 0.1) is 13.2 Å². The Morgan fingerprint density at radius 3 is 2.70 bits per heavy atom. The molecule has 2 heterocycles. The number of aryl methyl sites for hydroxylation is 1. The molecule has 8 nitrogen and oxygen atoms in total. The zero-order valence-electron chi connectivity index (χ0n) is 17.3. The molecule has 1 aromatic carbocycles. The van der Waals surface area contributed by atoms with Crippen molar-refractivity contribution in [2.24, 2.45) is 0 Å². The van der Waals surface area contributed by atoms with Crippen molar-refractivity contribution < 1.29 is 14.3 Å².